The zero-order chi connectivity index (χ0) is 22.7. The molecule has 0 saturated carbocycles. The first-order chi connectivity index (χ1) is 14.1. The van der Waals surface area contributed by atoms with Gasteiger partial charge in [-0.3, -0.25) is 4.79 Å². The normalized spacial score (nSPS) is 13.5. The maximum Gasteiger partial charge on any atom is 0.271 e. The number of benzene rings is 1. The molecule has 0 aliphatic rings. The van der Waals surface area contributed by atoms with Crippen LogP contribution in [0, 0.1) is 11.3 Å². The molecular weight excluding hydrogens is 401 g/mol. The van der Waals surface area contributed by atoms with Gasteiger partial charge >= 0.3 is 0 Å². The molecule has 30 heavy (non-hydrogen) atoms. The number of hydrazone groups is 1. The molecule has 1 rings (SSSR count). The summed E-state index contributed by atoms with van der Waals surface area (Å²) in [5.74, 6) is -0.569. The van der Waals surface area contributed by atoms with Crippen molar-refractivity contribution < 1.29 is 9.90 Å². The molecule has 11 heteroatoms. The Bertz CT molecular complexity index is 907. The third kappa shape index (κ3) is 8.55. The van der Waals surface area contributed by atoms with E-state index >= 15 is 0 Å². The molecule has 1 amide bonds. The van der Waals surface area contributed by atoms with Gasteiger partial charge in [0.2, 0.25) is 0 Å². The summed E-state index contributed by atoms with van der Waals surface area (Å²) in [5, 5.41) is 23.1. The van der Waals surface area contributed by atoms with Crippen molar-refractivity contribution in [3.63, 3.8) is 0 Å². The number of nitrogens with two attached hydrogens (primary N) is 1. The van der Waals surface area contributed by atoms with Gasteiger partial charge in [0.05, 0.1) is 38.9 Å². The summed E-state index contributed by atoms with van der Waals surface area (Å²) in [4.78, 5) is 16.1. The van der Waals surface area contributed by atoms with Crippen LogP contribution in [0.2, 0.25) is 5.02 Å². The van der Waals surface area contributed by atoms with Crippen molar-refractivity contribution in [3.8, 4) is 6.07 Å². The minimum absolute atomic E-state index is 0.00253. The highest BCUT2D eigenvalue weighted by Crippen LogP contribution is 2.19. The van der Waals surface area contributed by atoms with E-state index < -0.39 is 17.3 Å². The number of hydrogen-bond donors (Lipinski definition) is 4. The van der Waals surface area contributed by atoms with Crippen molar-refractivity contribution in [1.29, 1.82) is 5.26 Å². The Hall–Kier alpha value is -3.02. The van der Waals surface area contributed by atoms with Gasteiger partial charge in [0.25, 0.3) is 5.91 Å². The Morgan fingerprint density at radius 3 is 2.80 bits per heavy atom. The van der Waals surface area contributed by atoms with Gasteiger partial charge in [-0.2, -0.15) is 10.4 Å². The number of allylic oxidation sites excluding steroid dienone is 1. The maximum absolute atomic E-state index is 12.1. The van der Waals surface area contributed by atoms with Crippen LogP contribution in [0.4, 0.5) is 0 Å². The second-order valence-electron chi connectivity index (χ2n) is 6.29. The minimum atomic E-state index is -1.60. The van der Waals surface area contributed by atoms with Crippen LogP contribution in [0.5, 0.6) is 0 Å². The third-order valence-corrected chi connectivity index (χ3v) is 3.85. The number of aliphatic imine (C=N–C) groups is 1. The summed E-state index contributed by atoms with van der Waals surface area (Å²) in [5.41, 5.74) is 9.77. The van der Waals surface area contributed by atoms with Crippen molar-refractivity contribution in [1.82, 2.24) is 10.7 Å². The molecule has 1 atom stereocenters. The lowest BCUT2D eigenvalue weighted by Crippen LogP contribution is -2.44. The Labute approximate surface area is 183 Å². The fourth-order valence-electron chi connectivity index (χ4n) is 1.95. The highest BCUT2D eigenvalue weighted by atomic mass is 35.5. The lowest BCUT2D eigenvalue weighted by Gasteiger charge is -2.21. The highest BCUT2D eigenvalue weighted by Gasteiger charge is 2.17. The van der Waals surface area contributed by atoms with Crippen LogP contribution in [-0.4, -0.2) is 63.2 Å². The monoisotopic (exact) mass is 422 g/mol. The first kappa shape index (κ1) is 25.0. The maximum atomic E-state index is 12.1. The fraction of sp³-hybridized carbons (Fsp3) is 0.263. The summed E-state index contributed by atoms with van der Waals surface area (Å²) in [6.45, 7) is 5.06. The van der Waals surface area contributed by atoms with Crippen LogP contribution in [0.25, 0.3) is 5.70 Å². The molecule has 0 aliphatic carbocycles. The highest BCUT2D eigenvalue weighted by molar-refractivity contribution is 6.44. The van der Waals surface area contributed by atoms with E-state index in [1.807, 2.05) is 6.07 Å². The van der Waals surface area contributed by atoms with Crippen molar-refractivity contribution in [2.75, 3.05) is 13.1 Å². The smallest absolute Gasteiger partial charge is 0.271 e. The summed E-state index contributed by atoms with van der Waals surface area (Å²) < 4.78 is 0. The standard InChI is InChI=1S/C19H21B2ClN6O2/c1-3-17(28-27-10-12(2)29)18(30)25-11-19(20,21)26-7-6-16(24)13-4-5-14(9-23)15(22)8-13/h3-8,12,27,29H,1,10-11,24H2,2H3,(H,25,30)/b16-6?,26-7?,28-17+. The number of nitrogens with one attached hydrogen (secondary N) is 2. The molecule has 8 nitrogen and oxygen atoms in total. The van der Waals surface area contributed by atoms with E-state index in [2.05, 4.69) is 27.4 Å². The molecule has 1 unspecified atom stereocenters. The average molecular weight is 422 g/mol. The summed E-state index contributed by atoms with van der Waals surface area (Å²) >= 11 is 5.98. The Balaban J connectivity index is 2.71. The Morgan fingerprint density at radius 2 is 2.23 bits per heavy atom. The number of nitriles is 1. The predicted molar refractivity (Wildman–Crippen MR) is 121 cm³/mol. The minimum Gasteiger partial charge on any atom is -0.398 e. The van der Waals surface area contributed by atoms with E-state index in [1.54, 1.807) is 25.1 Å². The second-order valence-corrected chi connectivity index (χ2v) is 6.70. The van der Waals surface area contributed by atoms with Gasteiger partial charge in [0, 0.05) is 23.8 Å². The molecule has 1 aromatic rings. The van der Waals surface area contributed by atoms with E-state index in [0.717, 1.165) is 0 Å². The number of halogens is 1. The number of amides is 1. The third-order valence-electron chi connectivity index (χ3n) is 3.54. The second kappa shape index (κ2) is 11.9. The molecule has 0 aliphatic heterocycles. The lowest BCUT2D eigenvalue weighted by molar-refractivity contribution is -0.114. The van der Waals surface area contributed by atoms with Gasteiger partial charge in [-0.05, 0) is 36.8 Å². The van der Waals surface area contributed by atoms with Crippen molar-refractivity contribution in [3.05, 3.63) is 53.1 Å². The molecule has 0 saturated heterocycles. The van der Waals surface area contributed by atoms with Crippen LogP contribution in [-0.2, 0) is 4.79 Å². The van der Waals surface area contributed by atoms with Crippen molar-refractivity contribution in [2.24, 2.45) is 15.8 Å². The van der Waals surface area contributed by atoms with Crippen molar-refractivity contribution in [2.45, 2.75) is 18.4 Å². The number of hydrogen-bond acceptors (Lipinski definition) is 7. The molecule has 0 aromatic heterocycles. The fourth-order valence-corrected chi connectivity index (χ4v) is 2.17. The van der Waals surface area contributed by atoms with Gasteiger partial charge in [0.15, 0.2) is 0 Å². The van der Waals surface area contributed by atoms with Crippen molar-refractivity contribution >= 4 is 50.8 Å². The SMILES string of the molecule is [B]C([B])(CNC(=O)/C(C=C)=N/NCC(C)O)N=CC=C(N)c1ccc(C#N)c(Cl)c1. The molecule has 0 fully saturated rings. The zero-order valence-electron chi connectivity index (χ0n) is 16.5. The predicted octanol–water partition coefficient (Wildman–Crippen LogP) is 0.201. The van der Waals surface area contributed by atoms with Gasteiger partial charge in [0.1, 0.15) is 11.8 Å². The van der Waals surface area contributed by atoms with E-state index in [0.29, 0.717) is 16.8 Å². The average Bonchev–Trinajstić information content (AvgIpc) is 2.69. The quantitative estimate of drug-likeness (QED) is 0.243. The molecule has 4 radical (unpaired) electrons. The zero-order valence-corrected chi connectivity index (χ0v) is 17.2. The van der Waals surface area contributed by atoms with Crippen LogP contribution in [0.3, 0.4) is 0 Å². The van der Waals surface area contributed by atoms with Gasteiger partial charge < -0.3 is 26.6 Å². The van der Waals surface area contributed by atoms with Crippen LogP contribution >= 0.6 is 11.6 Å². The van der Waals surface area contributed by atoms with Gasteiger partial charge in [-0.25, -0.2) is 0 Å². The number of nitrogens with zero attached hydrogens (tertiary/aromatic N) is 3. The first-order valence-electron chi connectivity index (χ1n) is 8.77. The van der Waals surface area contributed by atoms with E-state index in [-0.39, 0.29) is 23.8 Å². The van der Waals surface area contributed by atoms with Crippen LogP contribution < -0.4 is 16.5 Å². The number of carbonyl (C=O) groups is 1. The summed E-state index contributed by atoms with van der Waals surface area (Å²) in [6.07, 6.45) is 3.39. The van der Waals surface area contributed by atoms with Crippen LogP contribution in [0.15, 0.2) is 47.0 Å². The Morgan fingerprint density at radius 1 is 1.53 bits per heavy atom. The molecule has 1 aromatic carbocycles. The first-order valence-corrected chi connectivity index (χ1v) is 9.15. The molecule has 0 spiro atoms. The Kier molecular flexibility index (Phi) is 9.89. The van der Waals surface area contributed by atoms with Crippen LogP contribution in [0.1, 0.15) is 18.1 Å². The molecule has 0 bridgehead atoms. The van der Waals surface area contributed by atoms with E-state index in [1.165, 1.54) is 18.4 Å². The topological polar surface area (TPSA) is 136 Å². The number of aliphatic hydroxyl groups excluding tert-OH is 1. The number of aliphatic hydroxyl groups is 1. The van der Waals surface area contributed by atoms with Gasteiger partial charge in [-0.15, -0.1) is 0 Å². The lowest BCUT2D eigenvalue weighted by atomic mass is 9.62. The number of rotatable bonds is 10. The summed E-state index contributed by atoms with van der Waals surface area (Å²) in [7, 11) is 11.7. The molecular formula is C19H21B2ClN6O2. The molecule has 0 heterocycles. The van der Waals surface area contributed by atoms with E-state index in [4.69, 9.17) is 38.3 Å². The number of carbonyl (C=O) groups excluding carboxylic acids is 1. The summed E-state index contributed by atoms with van der Waals surface area (Å²) in [6, 6.07) is 6.71. The van der Waals surface area contributed by atoms with E-state index in [9.17, 15) is 9.90 Å². The van der Waals surface area contributed by atoms with Gasteiger partial charge in [-0.1, -0.05) is 24.2 Å². The largest absolute Gasteiger partial charge is 0.398 e. The molecule has 5 N–H and O–H groups in total. The molecule has 152 valence electrons.